The molecule has 1 aromatic heterocycles. The maximum absolute atomic E-state index is 12.5. The standard InChI is InChI=1S/C14H19N3O2S/c1-9-2-4-11(6-9)17-20(18,19)14-8-16-13-7-10(15)3-5-12(13)14/h3,5,7-9,11,16-17H,2,4,6,15H2,1H3. The van der Waals surface area contributed by atoms with Crippen LogP contribution in [-0.2, 0) is 10.0 Å². The molecule has 2 atom stereocenters. The van der Waals surface area contributed by atoms with E-state index in [-0.39, 0.29) is 6.04 Å². The number of nitrogens with one attached hydrogen (secondary N) is 2. The van der Waals surface area contributed by atoms with E-state index in [0.717, 1.165) is 24.8 Å². The maximum atomic E-state index is 12.5. The van der Waals surface area contributed by atoms with Crippen molar-refractivity contribution in [3.8, 4) is 0 Å². The van der Waals surface area contributed by atoms with E-state index in [1.165, 1.54) is 6.20 Å². The Kier molecular flexibility index (Phi) is 3.22. The number of aromatic amines is 1. The molecule has 0 saturated heterocycles. The third kappa shape index (κ3) is 2.41. The fourth-order valence-electron chi connectivity index (χ4n) is 2.94. The van der Waals surface area contributed by atoms with Crippen molar-refractivity contribution in [1.82, 2.24) is 9.71 Å². The number of fused-ring (bicyclic) bond motifs is 1. The van der Waals surface area contributed by atoms with E-state index in [0.29, 0.717) is 21.9 Å². The lowest BCUT2D eigenvalue weighted by Gasteiger charge is -2.12. The molecule has 1 aliphatic rings. The highest BCUT2D eigenvalue weighted by Gasteiger charge is 2.27. The smallest absolute Gasteiger partial charge is 0.242 e. The Morgan fingerprint density at radius 2 is 2.15 bits per heavy atom. The van der Waals surface area contributed by atoms with Crippen LogP contribution in [0, 0.1) is 5.92 Å². The van der Waals surface area contributed by atoms with Gasteiger partial charge in [-0.2, -0.15) is 0 Å². The van der Waals surface area contributed by atoms with Gasteiger partial charge in [0.1, 0.15) is 4.90 Å². The molecule has 0 radical (unpaired) electrons. The molecule has 2 unspecified atom stereocenters. The van der Waals surface area contributed by atoms with E-state index >= 15 is 0 Å². The Hall–Kier alpha value is -1.53. The Bertz CT molecular complexity index is 736. The lowest BCUT2D eigenvalue weighted by atomic mass is 10.1. The van der Waals surface area contributed by atoms with E-state index in [2.05, 4.69) is 16.6 Å². The summed E-state index contributed by atoms with van der Waals surface area (Å²) in [6, 6.07) is 5.25. The average molecular weight is 293 g/mol. The first kappa shape index (κ1) is 13.5. The topological polar surface area (TPSA) is 88.0 Å². The molecule has 0 bridgehead atoms. The zero-order valence-corrected chi connectivity index (χ0v) is 12.2. The molecular formula is C14H19N3O2S. The Morgan fingerprint density at radius 1 is 1.35 bits per heavy atom. The minimum atomic E-state index is -3.49. The highest BCUT2D eigenvalue weighted by atomic mass is 32.2. The van der Waals surface area contributed by atoms with Crippen molar-refractivity contribution in [2.75, 3.05) is 5.73 Å². The zero-order valence-electron chi connectivity index (χ0n) is 11.4. The Balaban J connectivity index is 1.93. The van der Waals surface area contributed by atoms with Gasteiger partial charge in [0.15, 0.2) is 0 Å². The molecule has 2 aromatic rings. The molecule has 5 nitrogen and oxygen atoms in total. The minimum absolute atomic E-state index is 0.0498. The first-order valence-corrected chi connectivity index (χ1v) is 8.33. The second-order valence-corrected chi connectivity index (χ2v) is 7.38. The first-order valence-electron chi connectivity index (χ1n) is 6.84. The summed E-state index contributed by atoms with van der Waals surface area (Å²) in [6.07, 6.45) is 4.44. The second kappa shape index (κ2) is 4.79. The van der Waals surface area contributed by atoms with Gasteiger partial charge in [0.25, 0.3) is 0 Å². The van der Waals surface area contributed by atoms with Crippen molar-refractivity contribution in [1.29, 1.82) is 0 Å². The van der Waals surface area contributed by atoms with Gasteiger partial charge in [0, 0.05) is 28.8 Å². The van der Waals surface area contributed by atoms with E-state index < -0.39 is 10.0 Å². The largest absolute Gasteiger partial charge is 0.399 e. The summed E-state index contributed by atoms with van der Waals surface area (Å²) < 4.78 is 27.8. The van der Waals surface area contributed by atoms with Crippen molar-refractivity contribution in [3.63, 3.8) is 0 Å². The molecule has 4 N–H and O–H groups in total. The fraction of sp³-hybridized carbons (Fsp3) is 0.429. The molecule has 6 heteroatoms. The highest BCUT2D eigenvalue weighted by Crippen LogP contribution is 2.28. The van der Waals surface area contributed by atoms with Crippen LogP contribution in [0.3, 0.4) is 0 Å². The molecule has 1 heterocycles. The Labute approximate surface area is 118 Å². The van der Waals surface area contributed by atoms with Gasteiger partial charge in [-0.25, -0.2) is 13.1 Å². The minimum Gasteiger partial charge on any atom is -0.399 e. The Morgan fingerprint density at radius 3 is 2.85 bits per heavy atom. The van der Waals surface area contributed by atoms with Gasteiger partial charge in [-0.15, -0.1) is 0 Å². The van der Waals surface area contributed by atoms with E-state index in [4.69, 9.17) is 5.73 Å². The number of rotatable bonds is 3. The molecule has 0 amide bonds. The van der Waals surface area contributed by atoms with Gasteiger partial charge in [-0.05, 0) is 43.4 Å². The second-order valence-electron chi connectivity index (χ2n) is 5.69. The van der Waals surface area contributed by atoms with Crippen LogP contribution in [-0.4, -0.2) is 19.4 Å². The molecule has 20 heavy (non-hydrogen) atoms. The predicted octanol–water partition coefficient (Wildman–Crippen LogP) is 2.22. The van der Waals surface area contributed by atoms with Crippen molar-refractivity contribution in [2.45, 2.75) is 37.1 Å². The molecule has 1 saturated carbocycles. The maximum Gasteiger partial charge on any atom is 0.242 e. The van der Waals surface area contributed by atoms with Gasteiger partial charge in [-0.3, -0.25) is 0 Å². The highest BCUT2D eigenvalue weighted by molar-refractivity contribution is 7.89. The third-order valence-corrected chi connectivity index (χ3v) is 5.53. The number of aromatic nitrogens is 1. The van der Waals surface area contributed by atoms with Gasteiger partial charge in [0.2, 0.25) is 10.0 Å². The molecular weight excluding hydrogens is 274 g/mol. The fourth-order valence-corrected chi connectivity index (χ4v) is 4.40. The molecule has 0 spiro atoms. The SMILES string of the molecule is CC1CCC(NS(=O)(=O)c2c[nH]c3cc(N)ccc23)C1. The number of H-pyrrole nitrogens is 1. The van der Waals surface area contributed by atoms with Gasteiger partial charge in [-0.1, -0.05) is 6.92 Å². The zero-order chi connectivity index (χ0) is 14.3. The average Bonchev–Trinajstić information content (AvgIpc) is 2.94. The van der Waals surface area contributed by atoms with Crippen LogP contribution in [0.2, 0.25) is 0 Å². The summed E-state index contributed by atoms with van der Waals surface area (Å²) in [5.74, 6) is 0.588. The number of hydrogen-bond acceptors (Lipinski definition) is 3. The van der Waals surface area contributed by atoms with Crippen molar-refractivity contribution in [3.05, 3.63) is 24.4 Å². The van der Waals surface area contributed by atoms with Gasteiger partial charge >= 0.3 is 0 Å². The van der Waals surface area contributed by atoms with E-state index in [1.807, 2.05) is 0 Å². The number of nitrogen functional groups attached to an aromatic ring is 1. The molecule has 1 aromatic carbocycles. The number of sulfonamides is 1. The summed E-state index contributed by atoms with van der Waals surface area (Å²) in [6.45, 7) is 2.16. The lowest BCUT2D eigenvalue weighted by molar-refractivity contribution is 0.539. The molecule has 1 fully saturated rings. The first-order chi connectivity index (χ1) is 9.45. The quantitative estimate of drug-likeness (QED) is 0.758. The lowest BCUT2D eigenvalue weighted by Crippen LogP contribution is -2.32. The van der Waals surface area contributed by atoms with Gasteiger partial charge < -0.3 is 10.7 Å². The van der Waals surface area contributed by atoms with E-state index in [9.17, 15) is 8.42 Å². The summed E-state index contributed by atoms with van der Waals surface area (Å²) in [5, 5.41) is 0.678. The summed E-state index contributed by atoms with van der Waals surface area (Å²) in [5.41, 5.74) is 7.06. The van der Waals surface area contributed by atoms with Crippen LogP contribution in [0.5, 0.6) is 0 Å². The normalized spacial score (nSPS) is 23.4. The molecule has 0 aliphatic heterocycles. The summed E-state index contributed by atoms with van der Waals surface area (Å²) in [7, 11) is -3.49. The monoisotopic (exact) mass is 293 g/mol. The van der Waals surface area contributed by atoms with Crippen molar-refractivity contribution >= 4 is 26.6 Å². The van der Waals surface area contributed by atoms with E-state index in [1.54, 1.807) is 18.2 Å². The number of anilines is 1. The van der Waals surface area contributed by atoms with Crippen LogP contribution in [0.15, 0.2) is 29.3 Å². The van der Waals surface area contributed by atoms with Crippen LogP contribution in [0.4, 0.5) is 5.69 Å². The van der Waals surface area contributed by atoms with Crippen LogP contribution < -0.4 is 10.5 Å². The van der Waals surface area contributed by atoms with Crippen molar-refractivity contribution in [2.24, 2.45) is 5.92 Å². The number of nitrogens with two attached hydrogens (primary N) is 1. The summed E-state index contributed by atoms with van der Waals surface area (Å²) >= 11 is 0. The van der Waals surface area contributed by atoms with Gasteiger partial charge in [0.05, 0.1) is 0 Å². The predicted molar refractivity (Wildman–Crippen MR) is 79.8 cm³/mol. The molecule has 3 rings (SSSR count). The third-order valence-electron chi connectivity index (χ3n) is 3.97. The van der Waals surface area contributed by atoms with Crippen LogP contribution >= 0.6 is 0 Å². The molecule has 1 aliphatic carbocycles. The number of hydrogen-bond donors (Lipinski definition) is 3. The molecule has 108 valence electrons. The summed E-state index contributed by atoms with van der Waals surface area (Å²) in [4.78, 5) is 3.27. The van der Waals surface area contributed by atoms with Crippen LogP contribution in [0.1, 0.15) is 26.2 Å². The van der Waals surface area contributed by atoms with Crippen molar-refractivity contribution < 1.29 is 8.42 Å². The van der Waals surface area contributed by atoms with Crippen LogP contribution in [0.25, 0.3) is 10.9 Å². The number of benzene rings is 1.